The minimum absolute atomic E-state index is 0.472. The number of rotatable bonds is 1. The van der Waals surface area contributed by atoms with Crippen LogP contribution in [0, 0.1) is 0 Å². The largest absolute Gasteiger partial charge is 0.222 e. The highest BCUT2D eigenvalue weighted by molar-refractivity contribution is 9.10. The molecular formula is C12H7BrClN3. The van der Waals surface area contributed by atoms with Gasteiger partial charge < -0.3 is 0 Å². The third kappa shape index (κ3) is 2.06. The highest BCUT2D eigenvalue weighted by Crippen LogP contribution is 2.21. The van der Waals surface area contributed by atoms with Crippen molar-refractivity contribution in [1.82, 2.24) is 14.6 Å². The van der Waals surface area contributed by atoms with Gasteiger partial charge in [-0.1, -0.05) is 39.7 Å². The summed E-state index contributed by atoms with van der Waals surface area (Å²) in [4.78, 5) is 4.20. The standard InChI is InChI=1S/C12H7BrClN3/c13-9-3-1-8(2-4-9)10-7-12-15-11(14)5-6-17(12)16-10/h1-7H. The third-order valence-electron chi connectivity index (χ3n) is 2.43. The summed E-state index contributed by atoms with van der Waals surface area (Å²) in [6, 6.07) is 11.6. The summed E-state index contributed by atoms with van der Waals surface area (Å²) in [5.74, 6) is 0. The molecule has 3 aromatic rings. The van der Waals surface area contributed by atoms with Gasteiger partial charge in [-0.3, -0.25) is 0 Å². The van der Waals surface area contributed by atoms with Crippen molar-refractivity contribution < 1.29 is 0 Å². The van der Waals surface area contributed by atoms with Crippen molar-refractivity contribution >= 4 is 33.2 Å². The van der Waals surface area contributed by atoms with E-state index in [-0.39, 0.29) is 0 Å². The van der Waals surface area contributed by atoms with Crippen LogP contribution in [0.15, 0.2) is 47.1 Å². The molecule has 0 N–H and O–H groups in total. The highest BCUT2D eigenvalue weighted by Gasteiger charge is 2.05. The average molecular weight is 309 g/mol. The van der Waals surface area contributed by atoms with Crippen LogP contribution in [0.1, 0.15) is 0 Å². The second kappa shape index (κ2) is 4.13. The Kier molecular flexibility index (Phi) is 2.61. The van der Waals surface area contributed by atoms with Gasteiger partial charge in [-0.2, -0.15) is 5.10 Å². The van der Waals surface area contributed by atoms with Crippen molar-refractivity contribution in [3.05, 3.63) is 52.2 Å². The fraction of sp³-hybridized carbons (Fsp3) is 0. The van der Waals surface area contributed by atoms with Crippen LogP contribution in [-0.2, 0) is 0 Å². The van der Waals surface area contributed by atoms with Crippen molar-refractivity contribution in [1.29, 1.82) is 0 Å². The Morgan fingerprint density at radius 3 is 2.65 bits per heavy atom. The molecule has 0 atom stereocenters. The maximum Gasteiger partial charge on any atom is 0.157 e. The Morgan fingerprint density at radius 1 is 1.12 bits per heavy atom. The molecule has 2 heterocycles. The SMILES string of the molecule is Clc1ccn2nc(-c3ccc(Br)cc3)cc2n1. The normalized spacial score (nSPS) is 10.9. The highest BCUT2D eigenvalue weighted by atomic mass is 79.9. The van der Waals surface area contributed by atoms with Gasteiger partial charge in [0.1, 0.15) is 5.15 Å². The summed E-state index contributed by atoms with van der Waals surface area (Å²) in [5, 5.41) is 4.91. The molecule has 17 heavy (non-hydrogen) atoms. The minimum atomic E-state index is 0.472. The van der Waals surface area contributed by atoms with Crippen LogP contribution in [-0.4, -0.2) is 14.6 Å². The minimum Gasteiger partial charge on any atom is -0.222 e. The molecule has 0 aliphatic rings. The Morgan fingerprint density at radius 2 is 1.88 bits per heavy atom. The van der Waals surface area contributed by atoms with Gasteiger partial charge in [-0.05, 0) is 18.2 Å². The van der Waals surface area contributed by atoms with Crippen molar-refractivity contribution in [2.75, 3.05) is 0 Å². The van der Waals surface area contributed by atoms with E-state index < -0.39 is 0 Å². The van der Waals surface area contributed by atoms with Crippen molar-refractivity contribution in [3.63, 3.8) is 0 Å². The van der Waals surface area contributed by atoms with E-state index in [2.05, 4.69) is 26.0 Å². The van der Waals surface area contributed by atoms with Crippen molar-refractivity contribution in [2.24, 2.45) is 0 Å². The molecule has 0 radical (unpaired) electrons. The summed E-state index contributed by atoms with van der Waals surface area (Å²) in [7, 11) is 0. The lowest BCUT2D eigenvalue weighted by atomic mass is 10.2. The lowest BCUT2D eigenvalue weighted by Crippen LogP contribution is -1.88. The van der Waals surface area contributed by atoms with E-state index in [1.165, 1.54) is 0 Å². The van der Waals surface area contributed by atoms with E-state index in [4.69, 9.17) is 11.6 Å². The monoisotopic (exact) mass is 307 g/mol. The van der Waals surface area contributed by atoms with Crippen LogP contribution in [0.2, 0.25) is 5.15 Å². The van der Waals surface area contributed by atoms with Gasteiger partial charge in [-0.15, -0.1) is 0 Å². The smallest absolute Gasteiger partial charge is 0.157 e. The van der Waals surface area contributed by atoms with Crippen molar-refractivity contribution in [2.45, 2.75) is 0 Å². The van der Waals surface area contributed by atoms with Crippen LogP contribution >= 0.6 is 27.5 Å². The zero-order valence-corrected chi connectivity index (χ0v) is 11.0. The lowest BCUT2D eigenvalue weighted by Gasteiger charge is -1.95. The van der Waals surface area contributed by atoms with Gasteiger partial charge >= 0.3 is 0 Å². The second-order valence-corrected chi connectivity index (χ2v) is 4.89. The first-order chi connectivity index (χ1) is 8.22. The molecule has 0 fully saturated rings. The van der Waals surface area contributed by atoms with E-state index in [9.17, 15) is 0 Å². The number of aromatic nitrogens is 3. The predicted octanol–water partition coefficient (Wildman–Crippen LogP) is 3.81. The molecule has 0 spiro atoms. The molecular weight excluding hydrogens is 302 g/mol. The molecule has 3 rings (SSSR count). The zero-order valence-electron chi connectivity index (χ0n) is 8.64. The summed E-state index contributed by atoms with van der Waals surface area (Å²) in [5.41, 5.74) is 2.68. The molecule has 0 aliphatic carbocycles. The summed E-state index contributed by atoms with van der Waals surface area (Å²) in [6.45, 7) is 0. The van der Waals surface area contributed by atoms with E-state index >= 15 is 0 Å². The van der Waals surface area contributed by atoms with Gasteiger partial charge in [0.2, 0.25) is 0 Å². The molecule has 5 heteroatoms. The summed E-state index contributed by atoms with van der Waals surface area (Å²) < 4.78 is 2.76. The van der Waals surface area contributed by atoms with Crippen LogP contribution in [0.5, 0.6) is 0 Å². The molecule has 0 amide bonds. The molecule has 0 bridgehead atoms. The van der Waals surface area contributed by atoms with E-state index in [0.29, 0.717) is 5.15 Å². The summed E-state index contributed by atoms with van der Waals surface area (Å²) in [6.07, 6.45) is 1.80. The Bertz CT molecular complexity index is 676. The fourth-order valence-corrected chi connectivity index (χ4v) is 2.03. The van der Waals surface area contributed by atoms with Crippen LogP contribution in [0.3, 0.4) is 0 Å². The maximum atomic E-state index is 5.84. The first-order valence-corrected chi connectivity index (χ1v) is 6.17. The number of benzene rings is 1. The number of fused-ring (bicyclic) bond motifs is 1. The van der Waals surface area contributed by atoms with E-state index in [1.54, 1.807) is 16.8 Å². The number of hydrogen-bond donors (Lipinski definition) is 0. The quantitative estimate of drug-likeness (QED) is 0.640. The Balaban J connectivity index is 2.14. The van der Waals surface area contributed by atoms with Crippen molar-refractivity contribution in [3.8, 4) is 11.3 Å². The second-order valence-electron chi connectivity index (χ2n) is 3.59. The Labute approximate surface area is 111 Å². The van der Waals surface area contributed by atoms with Gasteiger partial charge in [0.05, 0.1) is 5.69 Å². The summed E-state index contributed by atoms with van der Waals surface area (Å²) >= 11 is 9.24. The molecule has 0 unspecified atom stereocenters. The van der Waals surface area contributed by atoms with Crippen LogP contribution < -0.4 is 0 Å². The fourth-order valence-electron chi connectivity index (χ4n) is 1.62. The molecule has 84 valence electrons. The average Bonchev–Trinajstić information content (AvgIpc) is 2.72. The van der Waals surface area contributed by atoms with E-state index in [1.807, 2.05) is 30.3 Å². The van der Waals surface area contributed by atoms with Crippen LogP contribution in [0.25, 0.3) is 16.9 Å². The zero-order chi connectivity index (χ0) is 11.8. The Hall–Kier alpha value is -1.39. The topological polar surface area (TPSA) is 30.2 Å². The van der Waals surface area contributed by atoms with Crippen LogP contribution in [0.4, 0.5) is 0 Å². The molecule has 0 saturated carbocycles. The predicted molar refractivity (Wildman–Crippen MR) is 71.1 cm³/mol. The maximum absolute atomic E-state index is 5.84. The number of halogens is 2. The van der Waals surface area contributed by atoms with Gasteiger partial charge in [0.15, 0.2) is 5.65 Å². The molecule has 1 aromatic carbocycles. The molecule has 0 aliphatic heterocycles. The molecule has 3 nitrogen and oxygen atoms in total. The van der Waals surface area contributed by atoms with Gasteiger partial charge in [-0.25, -0.2) is 9.50 Å². The third-order valence-corrected chi connectivity index (χ3v) is 3.17. The lowest BCUT2D eigenvalue weighted by molar-refractivity contribution is 0.943. The first kappa shape index (κ1) is 10.7. The molecule has 2 aromatic heterocycles. The van der Waals surface area contributed by atoms with Gasteiger partial charge in [0, 0.05) is 22.3 Å². The van der Waals surface area contributed by atoms with Gasteiger partial charge in [0.25, 0.3) is 0 Å². The molecule has 0 saturated heterocycles. The van der Waals surface area contributed by atoms with E-state index in [0.717, 1.165) is 21.4 Å². The first-order valence-electron chi connectivity index (χ1n) is 5.00. The number of nitrogens with zero attached hydrogens (tertiary/aromatic N) is 3. The number of hydrogen-bond acceptors (Lipinski definition) is 2.